The van der Waals surface area contributed by atoms with Gasteiger partial charge in [-0.25, -0.2) is 9.78 Å². The molecule has 0 radical (unpaired) electrons. The monoisotopic (exact) mass is 298 g/mol. The largest absolute Gasteiger partial charge is 0.477 e. The minimum atomic E-state index is -0.983. The Morgan fingerprint density at radius 3 is 2.85 bits per heavy atom. The molecule has 1 aromatic rings. The van der Waals surface area contributed by atoms with Crippen LogP contribution in [0.4, 0.5) is 0 Å². The van der Waals surface area contributed by atoms with Gasteiger partial charge in [0, 0.05) is 6.61 Å². The molecule has 1 aliphatic rings. The molecule has 2 N–H and O–H groups in total. The summed E-state index contributed by atoms with van der Waals surface area (Å²) in [6, 6.07) is -0.290. The van der Waals surface area contributed by atoms with E-state index in [-0.39, 0.29) is 28.8 Å². The molecule has 3 atom stereocenters. The highest BCUT2D eigenvalue weighted by molar-refractivity contribution is 7.13. The fourth-order valence-corrected chi connectivity index (χ4v) is 2.94. The van der Waals surface area contributed by atoms with Gasteiger partial charge in [0.05, 0.1) is 23.8 Å². The maximum Gasteiger partial charge on any atom is 0.347 e. The van der Waals surface area contributed by atoms with Crippen molar-refractivity contribution in [3.63, 3.8) is 0 Å². The van der Waals surface area contributed by atoms with Crippen LogP contribution in [0.3, 0.4) is 0 Å². The van der Waals surface area contributed by atoms with E-state index < -0.39 is 5.97 Å². The molecule has 110 valence electrons. The summed E-state index contributed by atoms with van der Waals surface area (Å²) in [6.07, 6.45) is 0.781. The molecule has 3 unspecified atom stereocenters. The van der Waals surface area contributed by atoms with Crippen molar-refractivity contribution in [2.75, 3.05) is 6.61 Å². The number of carbonyl (C=O) groups is 2. The van der Waals surface area contributed by atoms with Crippen LogP contribution in [-0.4, -0.2) is 34.7 Å². The minimum absolute atomic E-state index is 0.0276. The lowest BCUT2D eigenvalue weighted by Gasteiger charge is -2.11. The second-order valence-corrected chi connectivity index (χ2v) is 5.87. The third-order valence-electron chi connectivity index (χ3n) is 3.19. The number of amides is 1. The first kappa shape index (κ1) is 14.9. The summed E-state index contributed by atoms with van der Waals surface area (Å²) in [7, 11) is 0. The molecule has 0 saturated heterocycles. The number of carboxylic acid groups (broad SMARTS) is 1. The fraction of sp³-hybridized carbons (Fsp3) is 0.615. The van der Waals surface area contributed by atoms with Crippen molar-refractivity contribution in [1.82, 2.24) is 10.3 Å². The summed E-state index contributed by atoms with van der Waals surface area (Å²) in [6.45, 7) is 5.98. The number of carboxylic acids is 1. The van der Waals surface area contributed by atoms with Gasteiger partial charge in [0.2, 0.25) is 5.91 Å². The summed E-state index contributed by atoms with van der Waals surface area (Å²) in [5.74, 6) is -1.12. The van der Waals surface area contributed by atoms with Crippen LogP contribution in [0.5, 0.6) is 0 Å². The van der Waals surface area contributed by atoms with Crippen molar-refractivity contribution in [2.24, 2.45) is 5.92 Å². The molecule has 0 bridgehead atoms. The zero-order valence-corrected chi connectivity index (χ0v) is 12.5. The Hall–Kier alpha value is -1.47. The maximum absolute atomic E-state index is 12.0. The number of carbonyl (C=O) groups excluding carboxylic acids is 1. The standard InChI is InChI=1S/C13H18N2O4S/c1-4-19-9-5-8(9)11(16)14-7(3)12-15-6(2)10(20-12)13(17)18/h7-9H,4-5H2,1-3H3,(H,14,16)(H,17,18). The normalized spacial score (nSPS) is 22.4. The van der Waals surface area contributed by atoms with Crippen LogP contribution in [0, 0.1) is 12.8 Å². The zero-order valence-electron chi connectivity index (χ0n) is 11.7. The van der Waals surface area contributed by atoms with Crippen molar-refractivity contribution in [3.8, 4) is 0 Å². The van der Waals surface area contributed by atoms with Gasteiger partial charge >= 0.3 is 5.97 Å². The summed E-state index contributed by atoms with van der Waals surface area (Å²) < 4.78 is 5.38. The Bertz CT molecular complexity index is 528. The molecular weight excluding hydrogens is 280 g/mol. The van der Waals surface area contributed by atoms with Crippen LogP contribution in [0.2, 0.25) is 0 Å². The van der Waals surface area contributed by atoms with E-state index >= 15 is 0 Å². The Kier molecular flexibility index (Phi) is 4.39. The molecule has 1 heterocycles. The number of aromatic carboxylic acids is 1. The van der Waals surface area contributed by atoms with Crippen molar-refractivity contribution in [2.45, 2.75) is 39.3 Å². The Morgan fingerprint density at radius 1 is 1.60 bits per heavy atom. The van der Waals surface area contributed by atoms with Crippen LogP contribution in [0.15, 0.2) is 0 Å². The van der Waals surface area contributed by atoms with E-state index in [2.05, 4.69) is 10.3 Å². The lowest BCUT2D eigenvalue weighted by Crippen LogP contribution is -2.29. The van der Waals surface area contributed by atoms with E-state index in [1.807, 2.05) is 6.92 Å². The average Bonchev–Trinajstić information content (AvgIpc) is 3.02. The lowest BCUT2D eigenvalue weighted by atomic mass is 10.3. The number of thiazole rings is 1. The molecule has 2 rings (SSSR count). The van der Waals surface area contributed by atoms with Crippen molar-refractivity contribution >= 4 is 23.2 Å². The molecule has 1 saturated carbocycles. The number of rotatable bonds is 6. The number of aryl methyl sites for hydroxylation is 1. The Morgan fingerprint density at radius 2 is 2.30 bits per heavy atom. The first-order valence-corrected chi connectivity index (χ1v) is 7.38. The summed E-state index contributed by atoms with van der Waals surface area (Å²) in [4.78, 5) is 27.4. The maximum atomic E-state index is 12.0. The predicted octanol–water partition coefficient (Wildman–Crippen LogP) is 1.75. The highest BCUT2D eigenvalue weighted by Crippen LogP contribution is 2.34. The fourth-order valence-electron chi connectivity index (χ4n) is 2.03. The summed E-state index contributed by atoms with van der Waals surface area (Å²) in [5, 5.41) is 12.5. The highest BCUT2D eigenvalue weighted by Gasteiger charge is 2.44. The van der Waals surface area contributed by atoms with E-state index in [1.54, 1.807) is 13.8 Å². The number of hydrogen-bond acceptors (Lipinski definition) is 5. The van der Waals surface area contributed by atoms with Crippen molar-refractivity contribution in [1.29, 1.82) is 0 Å². The number of aromatic nitrogens is 1. The van der Waals surface area contributed by atoms with Crippen LogP contribution in [0.1, 0.15) is 46.7 Å². The molecule has 0 spiro atoms. The Labute approximate surface area is 121 Å². The van der Waals surface area contributed by atoms with Crippen molar-refractivity contribution in [3.05, 3.63) is 15.6 Å². The number of hydrogen-bond donors (Lipinski definition) is 2. The van der Waals surface area contributed by atoms with E-state index in [9.17, 15) is 9.59 Å². The summed E-state index contributed by atoms with van der Waals surface area (Å²) in [5.41, 5.74) is 0.484. The molecule has 1 fully saturated rings. The van der Waals surface area contributed by atoms with Gasteiger partial charge in [-0.2, -0.15) is 0 Å². The molecular formula is C13H18N2O4S. The molecule has 1 aliphatic carbocycles. The van der Waals surface area contributed by atoms with Gasteiger partial charge in [0.15, 0.2) is 0 Å². The summed E-state index contributed by atoms with van der Waals surface area (Å²) >= 11 is 1.10. The molecule has 0 aliphatic heterocycles. The number of ether oxygens (including phenoxy) is 1. The third-order valence-corrected chi connectivity index (χ3v) is 4.51. The molecule has 0 aromatic carbocycles. The molecule has 6 nitrogen and oxygen atoms in total. The van der Waals surface area contributed by atoms with E-state index in [1.165, 1.54) is 0 Å². The first-order valence-electron chi connectivity index (χ1n) is 6.56. The lowest BCUT2D eigenvalue weighted by molar-refractivity contribution is -0.123. The quantitative estimate of drug-likeness (QED) is 0.835. The van der Waals surface area contributed by atoms with Crippen LogP contribution in [-0.2, 0) is 9.53 Å². The average molecular weight is 298 g/mol. The topological polar surface area (TPSA) is 88.5 Å². The van der Waals surface area contributed by atoms with Crippen LogP contribution >= 0.6 is 11.3 Å². The molecule has 1 aromatic heterocycles. The van der Waals surface area contributed by atoms with Gasteiger partial charge in [-0.15, -0.1) is 11.3 Å². The second-order valence-electron chi connectivity index (χ2n) is 4.84. The van der Waals surface area contributed by atoms with Gasteiger partial charge in [0.25, 0.3) is 0 Å². The number of nitrogens with one attached hydrogen (secondary N) is 1. The zero-order chi connectivity index (χ0) is 14.9. The molecule has 1 amide bonds. The third kappa shape index (κ3) is 3.16. The SMILES string of the molecule is CCOC1CC1C(=O)NC(C)c1nc(C)c(C(=O)O)s1. The van der Waals surface area contributed by atoms with Gasteiger partial charge in [0.1, 0.15) is 9.88 Å². The molecule has 20 heavy (non-hydrogen) atoms. The second kappa shape index (κ2) is 5.88. The smallest absolute Gasteiger partial charge is 0.347 e. The number of nitrogens with zero attached hydrogens (tertiary/aromatic N) is 1. The van der Waals surface area contributed by atoms with E-state index in [0.717, 1.165) is 17.8 Å². The van der Waals surface area contributed by atoms with Crippen LogP contribution < -0.4 is 5.32 Å². The highest BCUT2D eigenvalue weighted by atomic mass is 32.1. The van der Waals surface area contributed by atoms with Gasteiger partial charge in [-0.3, -0.25) is 4.79 Å². The predicted molar refractivity (Wildman–Crippen MR) is 73.9 cm³/mol. The minimum Gasteiger partial charge on any atom is -0.477 e. The van der Waals surface area contributed by atoms with Crippen molar-refractivity contribution < 1.29 is 19.4 Å². The van der Waals surface area contributed by atoms with Crippen LogP contribution in [0.25, 0.3) is 0 Å². The molecule has 7 heteroatoms. The Balaban J connectivity index is 1.95. The van der Waals surface area contributed by atoms with E-state index in [4.69, 9.17) is 9.84 Å². The van der Waals surface area contributed by atoms with Gasteiger partial charge in [-0.1, -0.05) is 0 Å². The van der Waals surface area contributed by atoms with E-state index in [0.29, 0.717) is 17.3 Å². The van der Waals surface area contributed by atoms with Gasteiger partial charge < -0.3 is 15.2 Å². The van der Waals surface area contributed by atoms with Gasteiger partial charge in [-0.05, 0) is 27.2 Å². The first-order chi connectivity index (χ1) is 9.43.